The van der Waals surface area contributed by atoms with E-state index in [1.54, 1.807) is 6.92 Å². The zero-order valence-corrected chi connectivity index (χ0v) is 14.6. The van der Waals surface area contributed by atoms with Gasteiger partial charge in [-0.3, -0.25) is 4.90 Å². The molecule has 0 radical (unpaired) electrons. The first-order valence-electron chi connectivity index (χ1n) is 7.97. The van der Waals surface area contributed by atoms with Gasteiger partial charge in [0.1, 0.15) is 0 Å². The highest BCUT2D eigenvalue weighted by atomic mass is 32.2. The number of nitrogens with zero attached hydrogens (tertiary/aromatic N) is 1. The molecule has 1 rings (SSSR count). The summed E-state index contributed by atoms with van der Waals surface area (Å²) in [6.07, 6.45) is 3.20. The molecule has 0 bridgehead atoms. The van der Waals surface area contributed by atoms with Crippen molar-refractivity contribution in [2.45, 2.75) is 65.0 Å². The van der Waals surface area contributed by atoms with Crippen molar-refractivity contribution in [2.75, 3.05) is 31.1 Å². The molecule has 1 N–H and O–H groups in total. The van der Waals surface area contributed by atoms with Crippen LogP contribution in [0.15, 0.2) is 0 Å². The van der Waals surface area contributed by atoms with Gasteiger partial charge in [-0.1, -0.05) is 27.7 Å². The summed E-state index contributed by atoms with van der Waals surface area (Å²) in [5.41, 5.74) is 0.210. The molecule has 4 nitrogen and oxygen atoms in total. The van der Waals surface area contributed by atoms with Crippen molar-refractivity contribution in [3.8, 4) is 0 Å². The third-order valence-electron chi connectivity index (χ3n) is 5.33. The lowest BCUT2D eigenvalue weighted by atomic mass is 9.83. The predicted molar refractivity (Wildman–Crippen MR) is 85.9 cm³/mol. The molecule has 0 aromatic rings. The van der Waals surface area contributed by atoms with Crippen LogP contribution in [0.5, 0.6) is 0 Å². The van der Waals surface area contributed by atoms with Crippen LogP contribution in [0.25, 0.3) is 0 Å². The molecule has 1 heterocycles. The zero-order chi connectivity index (χ0) is 15.4. The highest BCUT2D eigenvalue weighted by Gasteiger charge is 2.42. The van der Waals surface area contributed by atoms with Gasteiger partial charge in [0.25, 0.3) is 0 Å². The molecule has 1 fully saturated rings. The Kier molecular flexibility index (Phi) is 6.05. The molecule has 0 aliphatic carbocycles. The maximum absolute atomic E-state index is 11.8. The largest absolute Gasteiger partial charge is 0.308 e. The Morgan fingerprint density at radius 2 is 1.70 bits per heavy atom. The Labute approximate surface area is 125 Å². The van der Waals surface area contributed by atoms with Crippen LogP contribution in [0.4, 0.5) is 0 Å². The standard InChI is InChI=1S/C15H32N2O2S/c1-6-14(5)12-16-15(7-2,8-3)13-17(14)10-11-20(18,19)9-4/h16H,6-13H2,1-5H3. The molecule has 1 aliphatic rings. The molecular weight excluding hydrogens is 272 g/mol. The van der Waals surface area contributed by atoms with Crippen LogP contribution in [0.1, 0.15) is 53.9 Å². The fourth-order valence-electron chi connectivity index (χ4n) is 2.92. The van der Waals surface area contributed by atoms with Crippen molar-refractivity contribution in [3.05, 3.63) is 0 Å². The number of piperazine rings is 1. The van der Waals surface area contributed by atoms with E-state index in [-0.39, 0.29) is 22.6 Å². The number of sulfone groups is 1. The molecule has 0 aromatic carbocycles. The highest BCUT2D eigenvalue weighted by molar-refractivity contribution is 7.91. The van der Waals surface area contributed by atoms with Crippen molar-refractivity contribution in [1.29, 1.82) is 0 Å². The van der Waals surface area contributed by atoms with Crippen LogP contribution < -0.4 is 5.32 Å². The van der Waals surface area contributed by atoms with Crippen LogP contribution in [0.2, 0.25) is 0 Å². The van der Waals surface area contributed by atoms with Gasteiger partial charge in [0.2, 0.25) is 0 Å². The van der Waals surface area contributed by atoms with E-state index in [1.807, 2.05) is 0 Å². The van der Waals surface area contributed by atoms with Crippen molar-refractivity contribution in [2.24, 2.45) is 0 Å². The van der Waals surface area contributed by atoms with Crippen molar-refractivity contribution >= 4 is 9.84 Å². The summed E-state index contributed by atoms with van der Waals surface area (Å²) in [4.78, 5) is 2.41. The normalized spacial score (nSPS) is 27.6. The van der Waals surface area contributed by atoms with Crippen LogP contribution >= 0.6 is 0 Å². The van der Waals surface area contributed by atoms with E-state index in [0.717, 1.165) is 32.4 Å². The summed E-state index contributed by atoms with van der Waals surface area (Å²) in [5, 5.41) is 3.72. The first kappa shape index (κ1) is 17.9. The summed E-state index contributed by atoms with van der Waals surface area (Å²) in [6, 6.07) is 0. The van der Waals surface area contributed by atoms with Gasteiger partial charge in [0.15, 0.2) is 9.84 Å². The lowest BCUT2D eigenvalue weighted by Crippen LogP contribution is -2.69. The predicted octanol–water partition coefficient (Wildman–Crippen LogP) is 2.05. The molecule has 1 atom stereocenters. The molecule has 0 aromatic heterocycles. The first-order valence-corrected chi connectivity index (χ1v) is 9.79. The molecular formula is C15H32N2O2S. The van der Waals surface area contributed by atoms with E-state index < -0.39 is 9.84 Å². The van der Waals surface area contributed by atoms with Gasteiger partial charge in [-0.05, 0) is 26.2 Å². The van der Waals surface area contributed by atoms with Crippen LogP contribution in [0.3, 0.4) is 0 Å². The van der Waals surface area contributed by atoms with E-state index >= 15 is 0 Å². The third kappa shape index (κ3) is 3.95. The Hall–Kier alpha value is -0.130. The maximum atomic E-state index is 11.8. The van der Waals surface area contributed by atoms with E-state index in [9.17, 15) is 8.42 Å². The number of rotatable bonds is 7. The van der Waals surface area contributed by atoms with E-state index in [4.69, 9.17) is 0 Å². The van der Waals surface area contributed by atoms with Crippen LogP contribution in [-0.2, 0) is 9.84 Å². The highest BCUT2D eigenvalue weighted by Crippen LogP contribution is 2.30. The summed E-state index contributed by atoms with van der Waals surface area (Å²) in [6.45, 7) is 13.1. The molecule has 120 valence electrons. The van der Waals surface area contributed by atoms with Crippen molar-refractivity contribution in [3.63, 3.8) is 0 Å². The minimum atomic E-state index is -2.89. The molecule has 20 heavy (non-hydrogen) atoms. The Balaban J connectivity index is 2.85. The van der Waals surface area contributed by atoms with Crippen molar-refractivity contribution < 1.29 is 8.42 Å². The second-order valence-corrected chi connectivity index (χ2v) is 8.82. The summed E-state index contributed by atoms with van der Waals surface area (Å²) in [5.74, 6) is 0.525. The second-order valence-electron chi connectivity index (χ2n) is 6.35. The van der Waals surface area contributed by atoms with Gasteiger partial charge in [-0.15, -0.1) is 0 Å². The van der Waals surface area contributed by atoms with Gasteiger partial charge in [0, 0.05) is 36.5 Å². The van der Waals surface area contributed by atoms with E-state index in [0.29, 0.717) is 6.54 Å². The zero-order valence-electron chi connectivity index (χ0n) is 13.8. The summed E-state index contributed by atoms with van der Waals surface area (Å²) >= 11 is 0. The first-order chi connectivity index (χ1) is 9.26. The van der Waals surface area contributed by atoms with Gasteiger partial charge < -0.3 is 5.32 Å². The third-order valence-corrected chi connectivity index (χ3v) is 7.01. The van der Waals surface area contributed by atoms with Gasteiger partial charge in [0.05, 0.1) is 5.75 Å². The average molecular weight is 305 g/mol. The molecule has 0 saturated carbocycles. The average Bonchev–Trinajstić information content (AvgIpc) is 2.47. The molecule has 1 aliphatic heterocycles. The lowest BCUT2D eigenvalue weighted by molar-refractivity contribution is 0.0139. The number of hydrogen-bond acceptors (Lipinski definition) is 4. The molecule has 5 heteroatoms. The molecule has 1 saturated heterocycles. The van der Waals surface area contributed by atoms with Gasteiger partial charge in [-0.25, -0.2) is 8.42 Å². The minimum absolute atomic E-state index is 0.0666. The van der Waals surface area contributed by atoms with Gasteiger partial charge in [-0.2, -0.15) is 0 Å². The smallest absolute Gasteiger partial charge is 0.151 e. The fraction of sp³-hybridized carbons (Fsp3) is 1.00. The monoisotopic (exact) mass is 304 g/mol. The topological polar surface area (TPSA) is 49.4 Å². The Bertz CT molecular complexity index is 404. The summed E-state index contributed by atoms with van der Waals surface area (Å²) < 4.78 is 23.6. The molecule has 0 spiro atoms. The second kappa shape index (κ2) is 6.75. The van der Waals surface area contributed by atoms with E-state index in [2.05, 4.69) is 37.9 Å². The SMILES string of the molecule is CCC1(CC)CN(CCS(=O)(=O)CC)C(C)(CC)CN1. The Morgan fingerprint density at radius 1 is 1.10 bits per heavy atom. The van der Waals surface area contributed by atoms with E-state index in [1.165, 1.54) is 0 Å². The molecule has 0 amide bonds. The molecule has 1 unspecified atom stereocenters. The minimum Gasteiger partial charge on any atom is -0.308 e. The summed E-state index contributed by atoms with van der Waals surface area (Å²) in [7, 11) is -2.89. The lowest BCUT2D eigenvalue weighted by Gasteiger charge is -2.53. The van der Waals surface area contributed by atoms with Crippen LogP contribution in [0, 0.1) is 0 Å². The van der Waals surface area contributed by atoms with Crippen LogP contribution in [-0.4, -0.2) is 55.5 Å². The number of hydrogen-bond donors (Lipinski definition) is 1. The number of nitrogens with one attached hydrogen (secondary N) is 1. The fourth-order valence-corrected chi connectivity index (χ4v) is 3.70. The van der Waals surface area contributed by atoms with Gasteiger partial charge >= 0.3 is 0 Å². The Morgan fingerprint density at radius 3 is 2.15 bits per heavy atom. The maximum Gasteiger partial charge on any atom is 0.151 e. The van der Waals surface area contributed by atoms with Crippen molar-refractivity contribution in [1.82, 2.24) is 10.2 Å². The quantitative estimate of drug-likeness (QED) is 0.782.